The summed E-state index contributed by atoms with van der Waals surface area (Å²) in [5.74, 6) is 1.14. The lowest BCUT2D eigenvalue weighted by atomic mass is 9.88. The van der Waals surface area contributed by atoms with E-state index in [0.29, 0.717) is 18.0 Å². The summed E-state index contributed by atoms with van der Waals surface area (Å²) in [6.45, 7) is 3.83. The number of carbonyl (C=O) groups is 1. The molecule has 5 rings (SSSR count). The van der Waals surface area contributed by atoms with Crippen LogP contribution < -0.4 is 4.74 Å². The summed E-state index contributed by atoms with van der Waals surface area (Å²) < 4.78 is 12.4. The molecule has 2 aromatic carbocycles. The van der Waals surface area contributed by atoms with E-state index in [-0.39, 0.29) is 5.97 Å². The van der Waals surface area contributed by atoms with Crippen LogP contribution in [0.15, 0.2) is 73.1 Å². The predicted molar refractivity (Wildman–Crippen MR) is 137 cm³/mol. The van der Waals surface area contributed by atoms with Crippen LogP contribution in [-0.2, 0) is 17.8 Å². The van der Waals surface area contributed by atoms with Crippen molar-refractivity contribution in [2.24, 2.45) is 0 Å². The van der Waals surface area contributed by atoms with Gasteiger partial charge in [-0.05, 0) is 84.9 Å². The molecule has 0 atom stereocenters. The van der Waals surface area contributed by atoms with Crippen LogP contribution in [-0.4, -0.2) is 47.7 Å². The predicted octanol–water partition coefficient (Wildman–Crippen LogP) is 5.26. The number of hydrogen-bond acceptors (Lipinski definition) is 5. The van der Waals surface area contributed by atoms with Crippen molar-refractivity contribution < 1.29 is 14.3 Å². The van der Waals surface area contributed by atoms with E-state index in [9.17, 15) is 4.79 Å². The van der Waals surface area contributed by atoms with E-state index < -0.39 is 0 Å². The first-order valence-corrected chi connectivity index (χ1v) is 12.1. The summed E-state index contributed by atoms with van der Waals surface area (Å²) in [6.07, 6.45) is 6.34. The quantitative estimate of drug-likeness (QED) is 0.346. The maximum Gasteiger partial charge on any atom is 0.337 e. The molecule has 3 heterocycles. The second kappa shape index (κ2) is 10.3. The van der Waals surface area contributed by atoms with Gasteiger partial charge in [0.15, 0.2) is 0 Å². The molecule has 0 N–H and O–H groups in total. The highest BCUT2D eigenvalue weighted by Crippen LogP contribution is 2.33. The number of carbonyl (C=O) groups excluding carboxylic acids is 1. The van der Waals surface area contributed by atoms with Crippen molar-refractivity contribution in [1.82, 2.24) is 14.5 Å². The zero-order valence-corrected chi connectivity index (χ0v) is 20.3. The Kier molecular flexibility index (Phi) is 6.82. The van der Waals surface area contributed by atoms with Gasteiger partial charge in [-0.2, -0.15) is 0 Å². The second-order valence-electron chi connectivity index (χ2n) is 9.17. The molecule has 0 aliphatic carbocycles. The largest absolute Gasteiger partial charge is 0.497 e. The van der Waals surface area contributed by atoms with Crippen LogP contribution in [0.1, 0.15) is 45.8 Å². The highest BCUT2D eigenvalue weighted by molar-refractivity contribution is 5.89. The fourth-order valence-electron chi connectivity index (χ4n) is 5.09. The van der Waals surface area contributed by atoms with E-state index in [0.717, 1.165) is 49.4 Å². The number of hydrogen-bond donors (Lipinski definition) is 0. The van der Waals surface area contributed by atoms with E-state index >= 15 is 0 Å². The number of aromatic nitrogens is 2. The zero-order chi connectivity index (χ0) is 24.2. The third kappa shape index (κ3) is 5.08. The normalized spacial score (nSPS) is 14.8. The summed E-state index contributed by atoms with van der Waals surface area (Å²) in [7, 11) is 3.12. The standard InChI is InChI=1S/C29H31N3O3/c1-34-25-5-3-4-22(18-25)19-31-15-11-23(12-16-31)26-10-14-30-28-27(26)13-17-32(28)20-21-6-8-24(9-7-21)29(33)35-2/h3-10,13-14,17-18,23H,11-12,15-16,19-20H2,1-2H3. The van der Waals surface area contributed by atoms with E-state index in [1.807, 2.05) is 36.5 Å². The number of likely N-dealkylation sites (tertiary alicyclic amines) is 1. The molecule has 0 saturated carbocycles. The van der Waals surface area contributed by atoms with E-state index in [1.54, 1.807) is 7.11 Å². The van der Waals surface area contributed by atoms with Crippen molar-refractivity contribution in [2.75, 3.05) is 27.3 Å². The Hall–Kier alpha value is -3.64. The van der Waals surface area contributed by atoms with Crippen LogP contribution in [0.3, 0.4) is 0 Å². The van der Waals surface area contributed by atoms with Crippen molar-refractivity contribution >= 4 is 17.0 Å². The van der Waals surface area contributed by atoms with Gasteiger partial charge in [-0.15, -0.1) is 0 Å². The van der Waals surface area contributed by atoms with Crippen molar-refractivity contribution in [3.05, 3.63) is 95.3 Å². The average Bonchev–Trinajstić information content (AvgIpc) is 3.32. The van der Waals surface area contributed by atoms with E-state index in [2.05, 4.69) is 46.0 Å². The molecule has 1 saturated heterocycles. The minimum absolute atomic E-state index is 0.316. The van der Waals surface area contributed by atoms with Crippen molar-refractivity contribution in [3.63, 3.8) is 0 Å². The summed E-state index contributed by atoms with van der Waals surface area (Å²) in [5.41, 5.74) is 5.39. The van der Waals surface area contributed by atoms with Crippen molar-refractivity contribution in [1.29, 1.82) is 0 Å². The fraction of sp³-hybridized carbons (Fsp3) is 0.310. The smallest absolute Gasteiger partial charge is 0.337 e. The summed E-state index contributed by atoms with van der Waals surface area (Å²) >= 11 is 0. The molecular weight excluding hydrogens is 438 g/mol. The second-order valence-corrected chi connectivity index (χ2v) is 9.17. The Balaban J connectivity index is 1.26. The number of piperidine rings is 1. The lowest BCUT2D eigenvalue weighted by Gasteiger charge is -2.32. The molecule has 6 nitrogen and oxygen atoms in total. The van der Waals surface area contributed by atoms with Crippen molar-refractivity contribution in [2.45, 2.75) is 31.8 Å². The summed E-state index contributed by atoms with van der Waals surface area (Å²) in [6, 6.07) is 20.3. The number of methoxy groups -OCH3 is 2. The summed E-state index contributed by atoms with van der Waals surface area (Å²) in [4.78, 5) is 18.9. The third-order valence-electron chi connectivity index (χ3n) is 6.99. The number of benzene rings is 2. The molecule has 0 bridgehead atoms. The molecule has 0 amide bonds. The maximum atomic E-state index is 11.7. The highest BCUT2D eigenvalue weighted by atomic mass is 16.5. The van der Waals surface area contributed by atoms with Gasteiger partial charge in [0.1, 0.15) is 11.4 Å². The molecule has 35 heavy (non-hydrogen) atoms. The van der Waals surface area contributed by atoms with Gasteiger partial charge >= 0.3 is 5.97 Å². The van der Waals surface area contributed by atoms with Crippen LogP contribution in [0.2, 0.25) is 0 Å². The lowest BCUT2D eigenvalue weighted by molar-refractivity contribution is 0.0600. The van der Waals surface area contributed by atoms with E-state index in [1.165, 1.54) is 23.6 Å². The van der Waals surface area contributed by atoms with Crippen LogP contribution in [0.25, 0.3) is 11.0 Å². The molecule has 0 unspecified atom stereocenters. The van der Waals surface area contributed by atoms with Gasteiger partial charge in [0.2, 0.25) is 0 Å². The van der Waals surface area contributed by atoms with Gasteiger partial charge in [-0.1, -0.05) is 24.3 Å². The molecular formula is C29H31N3O3. The Morgan fingerprint density at radius 1 is 0.971 bits per heavy atom. The maximum absolute atomic E-state index is 11.7. The molecule has 1 aliphatic heterocycles. The van der Waals surface area contributed by atoms with Crippen molar-refractivity contribution in [3.8, 4) is 5.75 Å². The molecule has 2 aromatic heterocycles. The van der Waals surface area contributed by atoms with E-state index in [4.69, 9.17) is 14.5 Å². The molecule has 4 aromatic rings. The Morgan fingerprint density at radius 3 is 2.51 bits per heavy atom. The Bertz CT molecular complexity index is 1300. The first kappa shape index (κ1) is 23.1. The molecule has 1 aliphatic rings. The first-order valence-electron chi connectivity index (χ1n) is 12.1. The van der Waals surface area contributed by atoms with Gasteiger partial charge < -0.3 is 14.0 Å². The zero-order valence-electron chi connectivity index (χ0n) is 20.3. The van der Waals surface area contributed by atoms with Crippen LogP contribution in [0, 0.1) is 0 Å². The lowest BCUT2D eigenvalue weighted by Crippen LogP contribution is -2.32. The van der Waals surface area contributed by atoms with Crippen LogP contribution in [0.4, 0.5) is 0 Å². The topological polar surface area (TPSA) is 56.6 Å². The highest BCUT2D eigenvalue weighted by Gasteiger charge is 2.23. The Labute approximate surface area is 206 Å². The number of pyridine rings is 1. The Morgan fingerprint density at radius 2 is 1.77 bits per heavy atom. The number of fused-ring (bicyclic) bond motifs is 1. The minimum atomic E-state index is -0.316. The SMILES string of the molecule is COC(=O)c1ccc(Cn2ccc3c(C4CCN(Cc5cccc(OC)c5)CC4)ccnc32)cc1. The molecule has 1 fully saturated rings. The average molecular weight is 470 g/mol. The van der Waals surface area contributed by atoms with Gasteiger partial charge in [0.05, 0.1) is 19.8 Å². The molecule has 0 radical (unpaired) electrons. The number of nitrogens with zero attached hydrogens (tertiary/aromatic N) is 3. The summed E-state index contributed by atoms with van der Waals surface area (Å²) in [5, 5.41) is 1.24. The number of rotatable bonds is 7. The number of esters is 1. The third-order valence-corrected chi connectivity index (χ3v) is 6.99. The van der Waals surface area contributed by atoms with Gasteiger partial charge in [-0.25, -0.2) is 9.78 Å². The van der Waals surface area contributed by atoms with Gasteiger partial charge in [-0.3, -0.25) is 4.90 Å². The van der Waals surface area contributed by atoms with Crippen LogP contribution >= 0.6 is 0 Å². The molecule has 6 heteroatoms. The minimum Gasteiger partial charge on any atom is -0.497 e. The van der Waals surface area contributed by atoms with Gasteiger partial charge in [0.25, 0.3) is 0 Å². The first-order chi connectivity index (χ1) is 17.1. The monoisotopic (exact) mass is 469 g/mol. The fourth-order valence-corrected chi connectivity index (χ4v) is 5.09. The molecule has 180 valence electrons. The van der Waals surface area contributed by atoms with Crippen LogP contribution in [0.5, 0.6) is 5.75 Å². The van der Waals surface area contributed by atoms with Gasteiger partial charge in [0, 0.05) is 30.9 Å². The number of ether oxygens (including phenoxy) is 2. The molecule has 0 spiro atoms.